The zero-order valence-electron chi connectivity index (χ0n) is 12.1. The van der Waals surface area contributed by atoms with Gasteiger partial charge in [0.2, 0.25) is 6.41 Å². The number of nitrogens with one attached hydrogen (secondary N) is 2. The second kappa shape index (κ2) is 7.12. The van der Waals surface area contributed by atoms with E-state index in [2.05, 4.69) is 10.6 Å². The van der Waals surface area contributed by atoms with E-state index in [0.29, 0.717) is 35.6 Å². The van der Waals surface area contributed by atoms with Gasteiger partial charge in [0.1, 0.15) is 5.75 Å². The number of benzene rings is 2. The van der Waals surface area contributed by atoms with Gasteiger partial charge in [-0.3, -0.25) is 9.59 Å². The largest absolute Gasteiger partial charge is 0.496 e. The average Bonchev–Trinajstić information content (AvgIpc) is 2.54. The van der Waals surface area contributed by atoms with Crippen LogP contribution < -0.4 is 21.1 Å². The molecule has 0 saturated heterocycles. The Bertz CT molecular complexity index is 686. The molecule has 0 fully saturated rings. The minimum Gasteiger partial charge on any atom is -0.496 e. The summed E-state index contributed by atoms with van der Waals surface area (Å²) in [6, 6.07) is 12.1. The van der Waals surface area contributed by atoms with E-state index < -0.39 is 0 Å². The Morgan fingerprint density at radius 1 is 1.27 bits per heavy atom. The maximum Gasteiger partial charge on any atom is 0.259 e. The lowest BCUT2D eigenvalue weighted by Gasteiger charge is -2.12. The maximum absolute atomic E-state index is 12.4. The predicted octanol–water partition coefficient (Wildman–Crippen LogP) is 1.78. The van der Waals surface area contributed by atoms with Crippen molar-refractivity contribution in [1.29, 1.82) is 0 Å². The molecule has 0 aliphatic rings. The van der Waals surface area contributed by atoms with Gasteiger partial charge in [-0.1, -0.05) is 18.2 Å². The second-order valence-corrected chi connectivity index (χ2v) is 4.57. The molecule has 0 aliphatic heterocycles. The molecular formula is C16H17N3O3. The van der Waals surface area contributed by atoms with Crippen LogP contribution >= 0.6 is 0 Å². The molecule has 0 saturated carbocycles. The molecule has 6 nitrogen and oxygen atoms in total. The highest BCUT2D eigenvalue weighted by molar-refractivity contribution is 6.07. The number of rotatable bonds is 6. The quantitative estimate of drug-likeness (QED) is 0.560. The van der Waals surface area contributed by atoms with Crippen LogP contribution in [0.2, 0.25) is 0 Å². The molecule has 0 unspecified atom stereocenters. The number of carbonyl (C=O) groups is 2. The number of amides is 2. The van der Waals surface area contributed by atoms with Gasteiger partial charge in [-0.15, -0.1) is 0 Å². The summed E-state index contributed by atoms with van der Waals surface area (Å²) in [6.45, 7) is 0.368. The summed E-state index contributed by atoms with van der Waals surface area (Å²) in [7, 11) is 1.49. The van der Waals surface area contributed by atoms with E-state index in [0.717, 1.165) is 5.56 Å². The van der Waals surface area contributed by atoms with Gasteiger partial charge in [-0.2, -0.15) is 0 Å². The summed E-state index contributed by atoms with van der Waals surface area (Å²) >= 11 is 0. The van der Waals surface area contributed by atoms with Gasteiger partial charge in [-0.05, 0) is 29.8 Å². The summed E-state index contributed by atoms with van der Waals surface area (Å²) in [5.41, 5.74) is 8.06. The Morgan fingerprint density at radius 2 is 2.05 bits per heavy atom. The molecule has 2 aromatic carbocycles. The van der Waals surface area contributed by atoms with E-state index in [1.807, 2.05) is 0 Å². The van der Waals surface area contributed by atoms with Crippen molar-refractivity contribution >= 4 is 23.7 Å². The molecule has 2 amide bonds. The molecular weight excluding hydrogens is 282 g/mol. The molecule has 0 radical (unpaired) electrons. The van der Waals surface area contributed by atoms with Crippen molar-refractivity contribution in [3.8, 4) is 5.75 Å². The van der Waals surface area contributed by atoms with Crippen LogP contribution in [0.25, 0.3) is 0 Å². The molecule has 0 aliphatic carbocycles. The highest BCUT2D eigenvalue weighted by Gasteiger charge is 2.14. The topological polar surface area (TPSA) is 93.4 Å². The van der Waals surface area contributed by atoms with Crippen molar-refractivity contribution in [2.45, 2.75) is 6.54 Å². The van der Waals surface area contributed by atoms with Gasteiger partial charge < -0.3 is 21.1 Å². The lowest BCUT2D eigenvalue weighted by Crippen LogP contribution is -2.15. The van der Waals surface area contributed by atoms with Crippen LogP contribution in [0.4, 0.5) is 11.4 Å². The number of nitrogen functional groups attached to an aromatic ring is 1. The second-order valence-electron chi connectivity index (χ2n) is 4.57. The number of para-hydroxylation sites is 2. The highest BCUT2D eigenvalue weighted by atomic mass is 16.5. The normalized spacial score (nSPS) is 9.86. The fourth-order valence-corrected chi connectivity index (χ4v) is 1.99. The van der Waals surface area contributed by atoms with Gasteiger partial charge in [0, 0.05) is 6.54 Å². The lowest BCUT2D eigenvalue weighted by atomic mass is 10.1. The van der Waals surface area contributed by atoms with E-state index in [-0.39, 0.29) is 5.91 Å². The molecule has 4 N–H and O–H groups in total. The zero-order valence-corrected chi connectivity index (χ0v) is 12.1. The van der Waals surface area contributed by atoms with Crippen molar-refractivity contribution in [1.82, 2.24) is 5.32 Å². The van der Waals surface area contributed by atoms with Crippen molar-refractivity contribution in [2.24, 2.45) is 0 Å². The number of carbonyl (C=O) groups excluding carboxylic acids is 2. The van der Waals surface area contributed by atoms with Crippen molar-refractivity contribution < 1.29 is 14.3 Å². The molecule has 22 heavy (non-hydrogen) atoms. The van der Waals surface area contributed by atoms with Crippen LogP contribution in [-0.2, 0) is 11.3 Å². The molecule has 0 heterocycles. The van der Waals surface area contributed by atoms with E-state index in [9.17, 15) is 9.59 Å². The summed E-state index contributed by atoms with van der Waals surface area (Å²) in [4.78, 5) is 22.7. The summed E-state index contributed by atoms with van der Waals surface area (Å²) < 4.78 is 5.25. The third kappa shape index (κ3) is 3.54. The van der Waals surface area contributed by atoms with Crippen LogP contribution in [0.5, 0.6) is 5.75 Å². The average molecular weight is 299 g/mol. The molecule has 0 aromatic heterocycles. The zero-order chi connectivity index (χ0) is 15.9. The van der Waals surface area contributed by atoms with Crippen LogP contribution in [0.1, 0.15) is 15.9 Å². The van der Waals surface area contributed by atoms with Gasteiger partial charge in [0.05, 0.1) is 24.0 Å². The molecule has 0 spiro atoms. The molecule has 114 valence electrons. The molecule has 0 bridgehead atoms. The first-order valence-corrected chi connectivity index (χ1v) is 6.65. The SMILES string of the molecule is COc1cc(CNC=O)ccc1C(=O)Nc1ccccc1N. The number of hydrogen-bond donors (Lipinski definition) is 3. The van der Waals surface area contributed by atoms with Gasteiger partial charge in [0.15, 0.2) is 0 Å². The Morgan fingerprint density at radius 3 is 2.73 bits per heavy atom. The standard InChI is InChI=1S/C16H17N3O3/c1-22-15-8-11(9-18-10-20)6-7-12(15)16(21)19-14-5-3-2-4-13(14)17/h2-8,10H,9,17H2,1H3,(H,18,20)(H,19,21). The van der Waals surface area contributed by atoms with Gasteiger partial charge >= 0.3 is 0 Å². The minimum atomic E-state index is -0.315. The Kier molecular flexibility index (Phi) is 4.98. The van der Waals surface area contributed by atoms with Crippen LogP contribution in [0.3, 0.4) is 0 Å². The third-order valence-corrected chi connectivity index (χ3v) is 3.11. The Hall–Kier alpha value is -3.02. The van der Waals surface area contributed by atoms with Crippen molar-refractivity contribution in [2.75, 3.05) is 18.2 Å². The van der Waals surface area contributed by atoms with Gasteiger partial charge in [0.25, 0.3) is 5.91 Å². The number of nitrogens with two attached hydrogens (primary N) is 1. The smallest absolute Gasteiger partial charge is 0.259 e. The third-order valence-electron chi connectivity index (χ3n) is 3.11. The van der Waals surface area contributed by atoms with E-state index in [4.69, 9.17) is 10.5 Å². The number of methoxy groups -OCH3 is 1. The van der Waals surface area contributed by atoms with E-state index in [1.54, 1.807) is 42.5 Å². The Labute approximate surface area is 128 Å². The highest BCUT2D eigenvalue weighted by Crippen LogP contribution is 2.23. The summed E-state index contributed by atoms with van der Waals surface area (Å²) in [6.07, 6.45) is 0.616. The van der Waals surface area contributed by atoms with Crippen LogP contribution in [-0.4, -0.2) is 19.4 Å². The number of hydrogen-bond acceptors (Lipinski definition) is 4. The van der Waals surface area contributed by atoms with E-state index >= 15 is 0 Å². The molecule has 6 heteroatoms. The maximum atomic E-state index is 12.4. The fraction of sp³-hybridized carbons (Fsp3) is 0.125. The summed E-state index contributed by atoms with van der Waals surface area (Å²) in [5.74, 6) is 0.113. The summed E-state index contributed by atoms with van der Waals surface area (Å²) in [5, 5.41) is 5.31. The van der Waals surface area contributed by atoms with E-state index in [1.165, 1.54) is 7.11 Å². The number of anilines is 2. The van der Waals surface area contributed by atoms with Crippen molar-refractivity contribution in [3.05, 3.63) is 53.6 Å². The van der Waals surface area contributed by atoms with Crippen LogP contribution in [0.15, 0.2) is 42.5 Å². The first kappa shape index (κ1) is 15.4. The predicted molar refractivity (Wildman–Crippen MR) is 84.7 cm³/mol. The van der Waals surface area contributed by atoms with Crippen LogP contribution in [0, 0.1) is 0 Å². The fourth-order valence-electron chi connectivity index (χ4n) is 1.99. The first-order valence-electron chi connectivity index (χ1n) is 6.65. The first-order chi connectivity index (χ1) is 10.7. The molecule has 2 aromatic rings. The Balaban J connectivity index is 2.22. The monoisotopic (exact) mass is 299 g/mol. The minimum absolute atomic E-state index is 0.315. The van der Waals surface area contributed by atoms with Crippen molar-refractivity contribution in [3.63, 3.8) is 0 Å². The number of ether oxygens (including phenoxy) is 1. The lowest BCUT2D eigenvalue weighted by molar-refractivity contribution is -0.109. The molecule has 0 atom stereocenters. The molecule has 2 rings (SSSR count). The van der Waals surface area contributed by atoms with Gasteiger partial charge in [-0.25, -0.2) is 0 Å².